The number of aromatic nitrogens is 2. The van der Waals surface area contributed by atoms with Gasteiger partial charge in [0.05, 0.1) is 24.5 Å². The lowest BCUT2D eigenvalue weighted by Gasteiger charge is -2.28. The van der Waals surface area contributed by atoms with Crippen molar-refractivity contribution in [2.24, 2.45) is 0 Å². The first-order valence-corrected chi connectivity index (χ1v) is 8.25. The Bertz CT molecular complexity index is 745. The van der Waals surface area contributed by atoms with Gasteiger partial charge in [0.15, 0.2) is 0 Å². The van der Waals surface area contributed by atoms with Crippen molar-refractivity contribution in [3.05, 3.63) is 47.3 Å². The van der Waals surface area contributed by atoms with Crippen LogP contribution in [0.4, 0.5) is 5.69 Å². The van der Waals surface area contributed by atoms with Crippen molar-refractivity contribution in [2.45, 2.75) is 31.8 Å². The molecule has 1 aliphatic heterocycles. The van der Waals surface area contributed by atoms with Crippen molar-refractivity contribution in [1.82, 2.24) is 14.7 Å². The van der Waals surface area contributed by atoms with E-state index in [0.29, 0.717) is 12.5 Å². The van der Waals surface area contributed by atoms with Crippen LogP contribution in [0.15, 0.2) is 30.3 Å². The van der Waals surface area contributed by atoms with E-state index in [0.717, 1.165) is 30.0 Å². The third-order valence-electron chi connectivity index (χ3n) is 4.71. The Hall–Kier alpha value is -2.30. The molecule has 5 heteroatoms. The summed E-state index contributed by atoms with van der Waals surface area (Å²) in [6.45, 7) is 2.18. The van der Waals surface area contributed by atoms with Crippen molar-refractivity contribution >= 4 is 11.6 Å². The van der Waals surface area contributed by atoms with Gasteiger partial charge in [0.25, 0.3) is 5.91 Å². The summed E-state index contributed by atoms with van der Waals surface area (Å²) in [5.41, 5.74) is 4.18. The van der Waals surface area contributed by atoms with E-state index in [2.05, 4.69) is 15.8 Å². The lowest BCUT2D eigenvalue weighted by atomic mass is 10.1. The fourth-order valence-electron chi connectivity index (χ4n) is 3.14. The van der Waals surface area contributed by atoms with Crippen LogP contribution >= 0.6 is 0 Å². The molecule has 120 valence electrons. The number of carbonyl (C=O) groups is 1. The molecule has 0 atom stereocenters. The van der Waals surface area contributed by atoms with Gasteiger partial charge in [-0.3, -0.25) is 9.48 Å². The molecule has 5 nitrogen and oxygen atoms in total. The Balaban J connectivity index is 1.54. The minimum atomic E-state index is 0.106. The van der Waals surface area contributed by atoms with Crippen LogP contribution in [0.5, 0.6) is 0 Å². The maximum Gasteiger partial charge on any atom is 0.254 e. The first kappa shape index (κ1) is 14.3. The number of anilines is 1. The topological polar surface area (TPSA) is 41.4 Å². The van der Waals surface area contributed by atoms with Crippen LogP contribution in [-0.2, 0) is 13.1 Å². The molecule has 4 rings (SSSR count). The highest BCUT2D eigenvalue weighted by molar-refractivity contribution is 5.95. The summed E-state index contributed by atoms with van der Waals surface area (Å²) >= 11 is 0. The molecular formula is C18H22N4O. The number of carbonyl (C=O) groups excluding carboxylic acids is 1. The summed E-state index contributed by atoms with van der Waals surface area (Å²) in [4.78, 5) is 16.8. The van der Waals surface area contributed by atoms with E-state index in [9.17, 15) is 4.79 Å². The molecule has 2 aromatic rings. The van der Waals surface area contributed by atoms with Gasteiger partial charge in [-0.15, -0.1) is 0 Å². The van der Waals surface area contributed by atoms with Crippen LogP contribution in [0, 0.1) is 0 Å². The standard InChI is InChI=1S/C18H22N4O/c1-20(2)15-5-3-4-14(10-15)18(23)21-8-9-22-16(12-21)11-17(19-22)13-6-7-13/h3-5,10-11,13H,6-9,12H2,1-2H3. The quantitative estimate of drug-likeness (QED) is 0.874. The normalized spacial score (nSPS) is 17.0. The number of benzene rings is 1. The smallest absolute Gasteiger partial charge is 0.254 e. The van der Waals surface area contributed by atoms with Crippen LogP contribution in [-0.4, -0.2) is 41.2 Å². The molecule has 0 spiro atoms. The van der Waals surface area contributed by atoms with Crippen LogP contribution in [0.2, 0.25) is 0 Å². The van der Waals surface area contributed by atoms with E-state index in [1.165, 1.54) is 18.5 Å². The predicted molar refractivity (Wildman–Crippen MR) is 89.7 cm³/mol. The summed E-state index contributed by atoms with van der Waals surface area (Å²) in [7, 11) is 3.98. The summed E-state index contributed by atoms with van der Waals surface area (Å²) in [5, 5.41) is 4.69. The molecule has 1 saturated carbocycles. The molecule has 1 aliphatic carbocycles. The summed E-state index contributed by atoms with van der Waals surface area (Å²) in [5.74, 6) is 0.767. The van der Waals surface area contributed by atoms with E-state index in [1.54, 1.807) is 0 Å². The fourth-order valence-corrected chi connectivity index (χ4v) is 3.14. The maximum atomic E-state index is 12.8. The van der Waals surface area contributed by atoms with Gasteiger partial charge in [0.2, 0.25) is 0 Å². The number of hydrogen-bond donors (Lipinski definition) is 0. The van der Waals surface area contributed by atoms with E-state index in [-0.39, 0.29) is 5.91 Å². The Morgan fingerprint density at radius 1 is 1.22 bits per heavy atom. The second-order valence-electron chi connectivity index (χ2n) is 6.73. The molecule has 2 heterocycles. The van der Waals surface area contributed by atoms with Crippen molar-refractivity contribution in [1.29, 1.82) is 0 Å². The van der Waals surface area contributed by atoms with E-state index < -0.39 is 0 Å². The third-order valence-corrected chi connectivity index (χ3v) is 4.71. The second-order valence-corrected chi connectivity index (χ2v) is 6.73. The lowest BCUT2D eigenvalue weighted by molar-refractivity contribution is 0.0706. The van der Waals surface area contributed by atoms with E-state index in [1.807, 2.05) is 48.2 Å². The number of hydrogen-bond acceptors (Lipinski definition) is 3. The minimum Gasteiger partial charge on any atom is -0.378 e. The number of fused-ring (bicyclic) bond motifs is 1. The molecule has 0 saturated heterocycles. The SMILES string of the molecule is CN(C)c1cccc(C(=O)N2CCn3nc(C4CC4)cc3C2)c1. The molecule has 2 aliphatic rings. The Labute approximate surface area is 136 Å². The zero-order chi connectivity index (χ0) is 16.0. The monoisotopic (exact) mass is 310 g/mol. The fraction of sp³-hybridized carbons (Fsp3) is 0.444. The van der Waals surface area contributed by atoms with Gasteiger partial charge in [-0.1, -0.05) is 6.07 Å². The van der Waals surface area contributed by atoms with Crippen LogP contribution in [0.3, 0.4) is 0 Å². The zero-order valence-electron chi connectivity index (χ0n) is 13.7. The molecule has 1 aromatic heterocycles. The third kappa shape index (κ3) is 2.71. The number of amides is 1. The van der Waals surface area contributed by atoms with Crippen LogP contribution < -0.4 is 4.90 Å². The van der Waals surface area contributed by atoms with Crippen molar-refractivity contribution in [2.75, 3.05) is 25.5 Å². The highest BCUT2D eigenvalue weighted by Crippen LogP contribution is 2.39. The highest BCUT2D eigenvalue weighted by atomic mass is 16.2. The van der Waals surface area contributed by atoms with Crippen molar-refractivity contribution in [3.63, 3.8) is 0 Å². The van der Waals surface area contributed by atoms with Gasteiger partial charge < -0.3 is 9.80 Å². The number of rotatable bonds is 3. The van der Waals surface area contributed by atoms with Gasteiger partial charge in [-0.2, -0.15) is 5.10 Å². The molecule has 23 heavy (non-hydrogen) atoms. The molecule has 1 fully saturated rings. The predicted octanol–water partition coefficient (Wildman–Crippen LogP) is 2.48. The first-order chi connectivity index (χ1) is 11.1. The molecule has 1 amide bonds. The lowest BCUT2D eigenvalue weighted by Crippen LogP contribution is -2.38. The number of nitrogens with zero attached hydrogens (tertiary/aromatic N) is 4. The van der Waals surface area contributed by atoms with E-state index >= 15 is 0 Å². The largest absolute Gasteiger partial charge is 0.378 e. The first-order valence-electron chi connectivity index (χ1n) is 8.25. The molecule has 0 bridgehead atoms. The second kappa shape index (κ2) is 5.41. The maximum absolute atomic E-state index is 12.8. The van der Waals surface area contributed by atoms with Gasteiger partial charge in [-0.25, -0.2) is 0 Å². The summed E-state index contributed by atoms with van der Waals surface area (Å²) in [6, 6.07) is 10.0. The molecule has 1 aromatic carbocycles. The van der Waals surface area contributed by atoms with Crippen molar-refractivity contribution in [3.8, 4) is 0 Å². The van der Waals surface area contributed by atoms with E-state index in [4.69, 9.17) is 0 Å². The van der Waals surface area contributed by atoms with Gasteiger partial charge >= 0.3 is 0 Å². The Morgan fingerprint density at radius 2 is 2.04 bits per heavy atom. The average Bonchev–Trinajstić information content (AvgIpc) is 3.33. The molecule has 0 N–H and O–H groups in total. The summed E-state index contributed by atoms with van der Waals surface area (Å²) in [6.07, 6.45) is 2.52. The van der Waals surface area contributed by atoms with Gasteiger partial charge in [0.1, 0.15) is 0 Å². The molecular weight excluding hydrogens is 288 g/mol. The summed E-state index contributed by atoms with van der Waals surface area (Å²) < 4.78 is 2.08. The Kier molecular flexibility index (Phi) is 3.36. The highest BCUT2D eigenvalue weighted by Gasteiger charge is 2.29. The van der Waals surface area contributed by atoms with Crippen LogP contribution in [0.25, 0.3) is 0 Å². The minimum absolute atomic E-state index is 0.106. The van der Waals surface area contributed by atoms with Gasteiger partial charge in [0, 0.05) is 37.8 Å². The molecule has 0 unspecified atom stereocenters. The molecule has 0 radical (unpaired) electrons. The zero-order valence-corrected chi connectivity index (χ0v) is 13.7. The average molecular weight is 310 g/mol. The van der Waals surface area contributed by atoms with Crippen molar-refractivity contribution < 1.29 is 4.79 Å². The van der Waals surface area contributed by atoms with Crippen LogP contribution in [0.1, 0.15) is 40.5 Å². The Morgan fingerprint density at radius 3 is 2.78 bits per heavy atom. The van der Waals surface area contributed by atoms with Gasteiger partial charge in [-0.05, 0) is 37.1 Å².